The monoisotopic (exact) mass is 865 g/mol. The van der Waals surface area contributed by atoms with E-state index in [-0.39, 0.29) is 0 Å². The minimum atomic E-state index is 0.473. The van der Waals surface area contributed by atoms with Gasteiger partial charge in [-0.2, -0.15) is 4.68 Å². The number of nitrogens with zero attached hydrogens (tertiary/aromatic N) is 4. The van der Waals surface area contributed by atoms with Crippen LogP contribution in [0.25, 0.3) is 5.69 Å². The molecule has 0 unspecified atom stereocenters. The number of para-hydroxylation sites is 1. The first-order chi connectivity index (χ1) is 30.2. The predicted molar refractivity (Wildman–Crippen MR) is 267 cm³/mol. The topological polar surface area (TPSA) is 52.8 Å². The largest absolute Gasteiger partial charge is 0.381 e. The zero-order valence-electron chi connectivity index (χ0n) is 40.8. The van der Waals surface area contributed by atoms with Crippen molar-refractivity contribution in [3.8, 4) is 5.69 Å². The molecule has 1 fully saturated rings. The van der Waals surface area contributed by atoms with E-state index in [0.29, 0.717) is 12.0 Å². The Balaban J connectivity index is 0.961. The van der Waals surface area contributed by atoms with E-state index in [4.69, 9.17) is 4.74 Å². The molecule has 0 spiro atoms. The molecule has 0 radical (unpaired) electrons. The molecule has 1 heterocycles. The van der Waals surface area contributed by atoms with Crippen molar-refractivity contribution in [2.24, 2.45) is 17.8 Å². The van der Waals surface area contributed by atoms with E-state index in [1.165, 1.54) is 257 Å². The zero-order valence-corrected chi connectivity index (χ0v) is 41.6. The third kappa shape index (κ3) is 28.9. The average molecular weight is 865 g/mol. The maximum Gasteiger partial charge on any atom is 0.214 e. The van der Waals surface area contributed by atoms with Crippen molar-refractivity contribution in [3.05, 3.63) is 30.3 Å². The van der Waals surface area contributed by atoms with Gasteiger partial charge in [0.2, 0.25) is 5.16 Å². The number of unbranched alkanes of at least 4 members (excludes halogenated alkanes) is 32. The highest BCUT2D eigenvalue weighted by Crippen LogP contribution is 2.45. The fourth-order valence-corrected chi connectivity index (χ4v) is 10.8. The number of aromatic nitrogens is 4. The summed E-state index contributed by atoms with van der Waals surface area (Å²) in [5.41, 5.74) is 1.03. The molecule has 0 aliphatic heterocycles. The van der Waals surface area contributed by atoms with Crippen LogP contribution in [-0.4, -0.2) is 39.2 Å². The van der Waals surface area contributed by atoms with Crippen LogP contribution >= 0.6 is 11.8 Å². The maximum absolute atomic E-state index is 5.96. The summed E-state index contributed by atoms with van der Waals surface area (Å²) in [5, 5.41) is 13.2. The molecule has 6 heteroatoms. The molecule has 1 aromatic carbocycles. The summed E-state index contributed by atoms with van der Waals surface area (Å²) in [6, 6.07) is 10.2. The zero-order chi connectivity index (χ0) is 43.1. The number of benzene rings is 1. The van der Waals surface area contributed by atoms with Gasteiger partial charge >= 0.3 is 0 Å². The molecule has 0 saturated heterocycles. The van der Waals surface area contributed by atoms with Crippen molar-refractivity contribution in [2.45, 2.75) is 282 Å². The number of hydrogen-bond donors (Lipinski definition) is 0. The van der Waals surface area contributed by atoms with Crippen LogP contribution in [0.2, 0.25) is 0 Å². The van der Waals surface area contributed by atoms with Crippen LogP contribution in [0, 0.1) is 17.8 Å². The first-order valence-electron chi connectivity index (χ1n) is 27.2. The number of ether oxygens (including phenoxy) is 1. The minimum absolute atomic E-state index is 0.473. The van der Waals surface area contributed by atoms with E-state index in [2.05, 4.69) is 41.5 Å². The smallest absolute Gasteiger partial charge is 0.214 e. The molecule has 0 N–H and O–H groups in total. The number of rotatable bonds is 46. The molecule has 61 heavy (non-hydrogen) atoms. The Morgan fingerprint density at radius 1 is 0.541 bits per heavy atom. The summed E-state index contributed by atoms with van der Waals surface area (Å²) in [7, 11) is 1.95. The van der Waals surface area contributed by atoms with Gasteiger partial charge in [-0.25, -0.2) is 0 Å². The normalized spacial score (nSPS) is 16.0. The summed E-state index contributed by atoms with van der Waals surface area (Å²) < 4.78 is 7.81. The van der Waals surface area contributed by atoms with Crippen LogP contribution < -0.4 is 0 Å². The number of hydrogen-bond acceptors (Lipinski definition) is 5. The van der Waals surface area contributed by atoms with Gasteiger partial charge in [-0.3, -0.25) is 0 Å². The van der Waals surface area contributed by atoms with Crippen molar-refractivity contribution in [3.63, 3.8) is 0 Å². The van der Waals surface area contributed by atoms with Crippen LogP contribution in [0.3, 0.4) is 0 Å². The van der Waals surface area contributed by atoms with Crippen molar-refractivity contribution < 1.29 is 4.74 Å². The second-order valence-electron chi connectivity index (χ2n) is 19.7. The molecular formula is C55H100N4OS. The molecule has 1 aliphatic rings. The van der Waals surface area contributed by atoms with Crippen molar-refractivity contribution >= 4 is 11.8 Å². The predicted octanol–water partition coefficient (Wildman–Crippen LogP) is 18.3. The quantitative estimate of drug-likeness (QED) is 0.0490. The summed E-state index contributed by atoms with van der Waals surface area (Å²) in [4.78, 5) is 0. The lowest BCUT2D eigenvalue weighted by atomic mass is 9.93. The number of tetrazole rings is 1. The van der Waals surface area contributed by atoms with Crippen molar-refractivity contribution in [2.75, 3.05) is 12.9 Å². The highest BCUT2D eigenvalue weighted by atomic mass is 32.2. The fourth-order valence-electron chi connectivity index (χ4n) is 9.93. The molecule has 5 nitrogen and oxygen atoms in total. The molecular weight excluding hydrogens is 765 g/mol. The highest BCUT2D eigenvalue weighted by molar-refractivity contribution is 7.99. The average Bonchev–Trinajstić information content (AvgIpc) is 3.86. The van der Waals surface area contributed by atoms with Gasteiger partial charge in [0, 0.05) is 12.9 Å². The molecule has 3 rings (SSSR count). The Labute approximate surface area is 383 Å². The van der Waals surface area contributed by atoms with Crippen LogP contribution in [0.1, 0.15) is 271 Å². The molecule has 1 saturated carbocycles. The lowest BCUT2D eigenvalue weighted by molar-refractivity contribution is 0.0456. The van der Waals surface area contributed by atoms with Gasteiger partial charge in [-0.15, -0.1) is 5.10 Å². The molecule has 4 atom stereocenters. The van der Waals surface area contributed by atoms with Crippen molar-refractivity contribution in [1.29, 1.82) is 0 Å². The first-order valence-corrected chi connectivity index (χ1v) is 28.2. The Morgan fingerprint density at radius 3 is 1.41 bits per heavy atom. The van der Waals surface area contributed by atoms with Gasteiger partial charge in [0.1, 0.15) is 0 Å². The van der Waals surface area contributed by atoms with Gasteiger partial charge in [-0.1, -0.05) is 275 Å². The Morgan fingerprint density at radius 2 is 0.951 bits per heavy atom. The molecule has 2 aromatic rings. The first kappa shape index (κ1) is 53.9. The molecule has 0 amide bonds. The van der Waals surface area contributed by atoms with E-state index in [0.717, 1.165) is 28.4 Å². The summed E-state index contributed by atoms with van der Waals surface area (Å²) in [6.45, 7) is 4.75. The third-order valence-corrected chi connectivity index (χ3v) is 15.2. The van der Waals surface area contributed by atoms with Crippen LogP contribution in [-0.2, 0) is 4.74 Å². The van der Waals surface area contributed by atoms with Gasteiger partial charge in [0.25, 0.3) is 0 Å². The molecule has 1 aromatic heterocycles. The van der Waals surface area contributed by atoms with Gasteiger partial charge < -0.3 is 4.74 Å². The fraction of sp³-hybridized carbons (Fsp3) is 0.873. The Hall–Kier alpha value is -1.40. The number of thioether (sulfide) groups is 1. The van der Waals surface area contributed by atoms with E-state index in [1.807, 2.05) is 30.0 Å². The maximum atomic E-state index is 5.96. The van der Waals surface area contributed by atoms with Crippen LogP contribution in [0.4, 0.5) is 0 Å². The van der Waals surface area contributed by atoms with E-state index < -0.39 is 0 Å². The van der Waals surface area contributed by atoms with Crippen LogP contribution in [0.5, 0.6) is 0 Å². The Bertz CT molecular complexity index is 1210. The van der Waals surface area contributed by atoms with Crippen molar-refractivity contribution in [1.82, 2.24) is 20.2 Å². The lowest BCUT2D eigenvalue weighted by Gasteiger charge is -2.22. The molecule has 1 aliphatic carbocycles. The summed E-state index contributed by atoms with van der Waals surface area (Å²) in [5.74, 6) is 3.94. The lowest BCUT2D eigenvalue weighted by Crippen LogP contribution is -2.20. The van der Waals surface area contributed by atoms with E-state index >= 15 is 0 Å². The van der Waals surface area contributed by atoms with Gasteiger partial charge in [0.15, 0.2) is 0 Å². The second kappa shape index (κ2) is 39.0. The van der Waals surface area contributed by atoms with Gasteiger partial charge in [0.05, 0.1) is 11.8 Å². The molecule has 0 bridgehead atoms. The van der Waals surface area contributed by atoms with Crippen LogP contribution in [0.15, 0.2) is 35.5 Å². The van der Waals surface area contributed by atoms with E-state index in [1.54, 1.807) is 11.8 Å². The van der Waals surface area contributed by atoms with Gasteiger partial charge in [-0.05, 0) is 66.0 Å². The third-order valence-electron chi connectivity index (χ3n) is 14.2. The highest BCUT2D eigenvalue weighted by Gasteiger charge is 2.35. The van der Waals surface area contributed by atoms with E-state index in [9.17, 15) is 0 Å². The SMILES string of the molecule is CCCCCCCCCCCCCCCCCC[C@H](C)[C@H](CCCCCCCCCCCCCCCC[C@H]1C[C@H]1CCCCCCCSc1nnnn1-c1ccccc1)OC. The number of methoxy groups -OCH3 is 1. The summed E-state index contributed by atoms with van der Waals surface area (Å²) >= 11 is 1.78. The molecule has 352 valence electrons. The standard InChI is InChI=1S/C55H100N4OS/c1-4-5-6-7-8-9-10-11-12-13-16-19-22-25-29-35-42-50(2)54(60-3)47-40-32-27-24-21-18-15-14-17-20-23-26-30-36-43-51-49-52(51)44-37-31-28-33-41-48-61-55-56-57-58-59(55)53-45-38-34-39-46-53/h34,38-39,45-46,50-52,54H,4-33,35-37,40-44,47-49H2,1-3H3/t50-,51-,52+,54-/m0/s1. The Kier molecular flexibility index (Phi) is 34.5. The summed E-state index contributed by atoms with van der Waals surface area (Å²) in [6.07, 6.45) is 57.9. The second-order valence-corrected chi connectivity index (χ2v) is 20.8. The minimum Gasteiger partial charge on any atom is -0.381 e.